The molecule has 0 spiro atoms. The summed E-state index contributed by atoms with van der Waals surface area (Å²) in [6.45, 7) is 1.95. The lowest BCUT2D eigenvalue weighted by molar-refractivity contribution is -0.153. The van der Waals surface area contributed by atoms with Crippen LogP contribution in [0, 0.1) is 0 Å². The van der Waals surface area contributed by atoms with Crippen LogP contribution < -0.4 is 0 Å². The highest BCUT2D eigenvalue weighted by atomic mass is 16.5. The Bertz CT molecular complexity index is 507. The van der Waals surface area contributed by atoms with E-state index in [1.807, 2.05) is 0 Å². The van der Waals surface area contributed by atoms with Crippen LogP contribution in [0.5, 0.6) is 0 Å². The predicted molar refractivity (Wildman–Crippen MR) is 57.7 cm³/mol. The van der Waals surface area contributed by atoms with Crippen LogP contribution in [-0.2, 0) is 9.53 Å². The summed E-state index contributed by atoms with van der Waals surface area (Å²) in [5, 5.41) is 9.71. The highest BCUT2D eigenvalue weighted by molar-refractivity contribution is 5.80. The molecule has 2 rings (SSSR count). The molecule has 0 aliphatic heterocycles. The van der Waals surface area contributed by atoms with Gasteiger partial charge in [0.2, 0.25) is 0 Å². The molecule has 5 nitrogen and oxygen atoms in total. The van der Waals surface area contributed by atoms with Gasteiger partial charge in [0.1, 0.15) is 0 Å². The van der Waals surface area contributed by atoms with E-state index in [1.54, 1.807) is 31.5 Å². The molecule has 1 aromatic carbocycles. The van der Waals surface area contributed by atoms with Gasteiger partial charge in [0.05, 0.1) is 24.0 Å². The maximum absolute atomic E-state index is 11.3. The minimum absolute atomic E-state index is 0.252. The number of H-pyrrole nitrogens is 1. The molecule has 0 bridgehead atoms. The molecule has 1 atom stereocenters. The highest BCUT2D eigenvalue weighted by Gasteiger charge is 2.18. The number of aromatic nitrogens is 2. The van der Waals surface area contributed by atoms with Crippen LogP contribution in [0.15, 0.2) is 24.5 Å². The van der Waals surface area contributed by atoms with Crippen molar-refractivity contribution in [2.45, 2.75) is 13.0 Å². The van der Waals surface area contributed by atoms with Gasteiger partial charge in [-0.3, -0.25) is 0 Å². The molecule has 0 aliphatic rings. The Hall–Kier alpha value is -1.88. The number of carbonyl (C=O) groups is 1. The second-order valence-corrected chi connectivity index (χ2v) is 3.33. The summed E-state index contributed by atoms with van der Waals surface area (Å²) >= 11 is 0. The van der Waals surface area contributed by atoms with Gasteiger partial charge >= 0.3 is 5.97 Å². The first-order chi connectivity index (χ1) is 7.72. The summed E-state index contributed by atoms with van der Waals surface area (Å²) in [6, 6.07) is 5.08. The van der Waals surface area contributed by atoms with Gasteiger partial charge in [0, 0.05) is 0 Å². The molecule has 0 aliphatic carbocycles. The molecule has 0 saturated carbocycles. The number of esters is 1. The van der Waals surface area contributed by atoms with Crippen molar-refractivity contribution in [2.24, 2.45) is 0 Å². The van der Waals surface area contributed by atoms with Crippen LogP contribution in [-0.4, -0.2) is 27.7 Å². The maximum atomic E-state index is 11.3. The second kappa shape index (κ2) is 4.32. The van der Waals surface area contributed by atoms with Gasteiger partial charge in [-0.1, -0.05) is 6.07 Å². The number of ether oxygens (including phenoxy) is 1. The fraction of sp³-hybridized carbons (Fsp3) is 0.273. The zero-order valence-corrected chi connectivity index (χ0v) is 8.80. The molecule has 16 heavy (non-hydrogen) atoms. The Labute approximate surface area is 92.1 Å². The summed E-state index contributed by atoms with van der Waals surface area (Å²) in [6.07, 6.45) is 0.318. The molecular weight excluding hydrogens is 208 g/mol. The van der Waals surface area contributed by atoms with Crippen molar-refractivity contribution >= 4 is 17.0 Å². The first kappa shape index (κ1) is 10.6. The van der Waals surface area contributed by atoms with E-state index in [2.05, 4.69) is 9.97 Å². The van der Waals surface area contributed by atoms with Crippen LogP contribution in [0.1, 0.15) is 18.6 Å². The zero-order chi connectivity index (χ0) is 11.5. The summed E-state index contributed by atoms with van der Waals surface area (Å²) in [5.41, 5.74) is 2.07. The standard InChI is InChI=1S/C11H12N2O3/c1-2-16-11(15)10(14)7-3-4-8-9(5-7)13-6-12-8/h3-6,10,14H,2H2,1H3,(H,12,13). The van der Waals surface area contributed by atoms with E-state index in [0.29, 0.717) is 5.56 Å². The van der Waals surface area contributed by atoms with Gasteiger partial charge in [0.15, 0.2) is 6.10 Å². The van der Waals surface area contributed by atoms with Crippen LogP contribution in [0.2, 0.25) is 0 Å². The van der Waals surface area contributed by atoms with Crippen molar-refractivity contribution in [3.8, 4) is 0 Å². The van der Waals surface area contributed by atoms with Crippen molar-refractivity contribution in [1.29, 1.82) is 0 Å². The Balaban J connectivity index is 2.28. The van der Waals surface area contributed by atoms with Crippen LogP contribution in [0.4, 0.5) is 0 Å². The minimum Gasteiger partial charge on any atom is -0.464 e. The number of fused-ring (bicyclic) bond motifs is 1. The summed E-state index contributed by atoms with van der Waals surface area (Å²) in [4.78, 5) is 18.3. The number of benzene rings is 1. The second-order valence-electron chi connectivity index (χ2n) is 3.33. The molecule has 1 aromatic heterocycles. The topological polar surface area (TPSA) is 75.2 Å². The molecule has 0 fully saturated rings. The quantitative estimate of drug-likeness (QED) is 0.761. The first-order valence-corrected chi connectivity index (χ1v) is 5.00. The van der Waals surface area contributed by atoms with Gasteiger partial charge < -0.3 is 14.8 Å². The maximum Gasteiger partial charge on any atom is 0.339 e. The normalized spacial score (nSPS) is 12.6. The number of aliphatic hydroxyl groups is 1. The summed E-state index contributed by atoms with van der Waals surface area (Å²) in [7, 11) is 0. The number of imidazole rings is 1. The molecule has 1 unspecified atom stereocenters. The van der Waals surface area contributed by atoms with E-state index in [1.165, 1.54) is 0 Å². The van der Waals surface area contributed by atoms with Gasteiger partial charge in [-0.05, 0) is 24.6 Å². The van der Waals surface area contributed by atoms with Crippen molar-refractivity contribution in [2.75, 3.05) is 6.61 Å². The Morgan fingerprint density at radius 2 is 2.44 bits per heavy atom. The largest absolute Gasteiger partial charge is 0.464 e. The van der Waals surface area contributed by atoms with E-state index in [-0.39, 0.29) is 6.61 Å². The smallest absolute Gasteiger partial charge is 0.339 e. The van der Waals surface area contributed by atoms with E-state index in [9.17, 15) is 9.90 Å². The summed E-state index contributed by atoms with van der Waals surface area (Å²) < 4.78 is 4.74. The average molecular weight is 220 g/mol. The molecule has 0 saturated heterocycles. The minimum atomic E-state index is -1.24. The Morgan fingerprint density at radius 1 is 1.62 bits per heavy atom. The first-order valence-electron chi connectivity index (χ1n) is 5.00. The van der Waals surface area contributed by atoms with Crippen LogP contribution >= 0.6 is 0 Å². The SMILES string of the molecule is CCOC(=O)C(O)c1ccc2nc[nH]c2c1. The Kier molecular flexibility index (Phi) is 2.87. The van der Waals surface area contributed by atoms with Crippen molar-refractivity contribution in [3.63, 3.8) is 0 Å². The molecule has 0 radical (unpaired) electrons. The average Bonchev–Trinajstić information content (AvgIpc) is 2.75. The molecule has 84 valence electrons. The Morgan fingerprint density at radius 3 is 3.19 bits per heavy atom. The molecular formula is C11H12N2O3. The fourth-order valence-corrected chi connectivity index (χ4v) is 1.48. The number of nitrogens with zero attached hydrogens (tertiary/aromatic N) is 1. The van der Waals surface area contributed by atoms with Gasteiger partial charge in [-0.25, -0.2) is 9.78 Å². The van der Waals surface area contributed by atoms with Gasteiger partial charge in [-0.2, -0.15) is 0 Å². The third-order valence-corrected chi connectivity index (χ3v) is 2.27. The van der Waals surface area contributed by atoms with Gasteiger partial charge in [0.25, 0.3) is 0 Å². The molecule has 2 aromatic rings. The van der Waals surface area contributed by atoms with Crippen molar-refractivity contribution in [3.05, 3.63) is 30.1 Å². The number of rotatable bonds is 3. The number of hydrogen-bond acceptors (Lipinski definition) is 4. The van der Waals surface area contributed by atoms with Gasteiger partial charge in [-0.15, -0.1) is 0 Å². The lowest BCUT2D eigenvalue weighted by Crippen LogP contribution is -2.15. The number of carbonyl (C=O) groups excluding carboxylic acids is 1. The van der Waals surface area contributed by atoms with E-state index >= 15 is 0 Å². The fourth-order valence-electron chi connectivity index (χ4n) is 1.48. The molecule has 5 heteroatoms. The third kappa shape index (κ3) is 1.90. The van der Waals surface area contributed by atoms with Crippen LogP contribution in [0.25, 0.3) is 11.0 Å². The monoisotopic (exact) mass is 220 g/mol. The van der Waals surface area contributed by atoms with Crippen molar-refractivity contribution in [1.82, 2.24) is 9.97 Å². The molecule has 2 N–H and O–H groups in total. The molecule has 1 heterocycles. The highest BCUT2D eigenvalue weighted by Crippen LogP contribution is 2.18. The predicted octanol–water partition coefficient (Wildman–Crippen LogP) is 1.16. The third-order valence-electron chi connectivity index (χ3n) is 2.27. The zero-order valence-electron chi connectivity index (χ0n) is 8.80. The van der Waals surface area contributed by atoms with Crippen molar-refractivity contribution < 1.29 is 14.6 Å². The lowest BCUT2D eigenvalue weighted by atomic mass is 10.1. The lowest BCUT2D eigenvalue weighted by Gasteiger charge is -2.09. The molecule has 0 amide bonds. The van der Waals surface area contributed by atoms with E-state index in [0.717, 1.165) is 11.0 Å². The number of nitrogens with one attached hydrogen (secondary N) is 1. The number of aliphatic hydroxyl groups excluding tert-OH is 1. The van der Waals surface area contributed by atoms with E-state index < -0.39 is 12.1 Å². The number of aromatic amines is 1. The number of hydrogen-bond donors (Lipinski definition) is 2. The van der Waals surface area contributed by atoms with E-state index in [4.69, 9.17) is 4.74 Å². The summed E-state index contributed by atoms with van der Waals surface area (Å²) in [5.74, 6) is -0.638. The van der Waals surface area contributed by atoms with Crippen LogP contribution in [0.3, 0.4) is 0 Å².